The minimum absolute atomic E-state index is 0.461. The van der Waals surface area contributed by atoms with Crippen LogP contribution in [0.25, 0.3) is 0 Å². The van der Waals surface area contributed by atoms with Crippen LogP contribution in [0.1, 0.15) is 37.8 Å². The highest BCUT2D eigenvalue weighted by Gasteiger charge is 2.27. The Hall–Kier alpha value is -1.06. The van der Waals surface area contributed by atoms with Gasteiger partial charge in [-0.25, -0.2) is 0 Å². The zero-order valence-corrected chi connectivity index (χ0v) is 11.8. The van der Waals surface area contributed by atoms with Crippen LogP contribution in [0, 0.1) is 0 Å². The van der Waals surface area contributed by atoms with Gasteiger partial charge in [-0.1, -0.05) is 25.1 Å². The molecule has 0 saturated heterocycles. The molecule has 3 rings (SSSR count). The predicted molar refractivity (Wildman–Crippen MR) is 77.6 cm³/mol. The lowest BCUT2D eigenvalue weighted by molar-refractivity contribution is 0.237. The molecule has 2 aliphatic rings. The molecule has 1 fully saturated rings. The van der Waals surface area contributed by atoms with Crippen molar-refractivity contribution in [2.24, 2.45) is 0 Å². The van der Waals surface area contributed by atoms with E-state index in [1.165, 1.54) is 31.5 Å². The van der Waals surface area contributed by atoms with E-state index in [9.17, 15) is 0 Å². The van der Waals surface area contributed by atoms with Gasteiger partial charge in [0, 0.05) is 37.2 Å². The molecule has 0 amide bonds. The standard InChI is InChI=1S/C16H24N2O/c1-2-18(13-7-8-13)11-10-17-15-9-12-19-16-6-4-3-5-14(15)16/h3-6,13,15,17H,2,7-12H2,1H3. The summed E-state index contributed by atoms with van der Waals surface area (Å²) in [6.07, 6.45) is 3.87. The van der Waals surface area contributed by atoms with Crippen LogP contribution in [0.4, 0.5) is 0 Å². The molecule has 1 heterocycles. The summed E-state index contributed by atoms with van der Waals surface area (Å²) in [6.45, 7) is 6.51. The maximum absolute atomic E-state index is 5.70. The normalized spacial score (nSPS) is 22.1. The first-order valence-electron chi connectivity index (χ1n) is 7.57. The van der Waals surface area contributed by atoms with E-state index in [4.69, 9.17) is 4.74 Å². The van der Waals surface area contributed by atoms with E-state index in [2.05, 4.69) is 35.3 Å². The lowest BCUT2D eigenvalue weighted by atomic mass is 10.0. The highest BCUT2D eigenvalue weighted by atomic mass is 16.5. The second-order valence-corrected chi connectivity index (χ2v) is 5.54. The third kappa shape index (κ3) is 3.10. The van der Waals surface area contributed by atoms with Crippen molar-refractivity contribution in [1.29, 1.82) is 0 Å². The van der Waals surface area contributed by atoms with E-state index in [1.54, 1.807) is 0 Å². The Labute approximate surface area is 115 Å². The van der Waals surface area contributed by atoms with E-state index >= 15 is 0 Å². The number of ether oxygens (including phenoxy) is 1. The first-order chi connectivity index (χ1) is 9.38. The highest BCUT2D eigenvalue weighted by Crippen LogP contribution is 2.31. The van der Waals surface area contributed by atoms with E-state index in [0.29, 0.717) is 6.04 Å². The number of nitrogens with zero attached hydrogens (tertiary/aromatic N) is 1. The quantitative estimate of drug-likeness (QED) is 0.851. The molecule has 1 aromatic rings. The number of benzene rings is 1. The average Bonchev–Trinajstić information content (AvgIpc) is 3.28. The van der Waals surface area contributed by atoms with Gasteiger partial charge in [0.1, 0.15) is 5.75 Å². The van der Waals surface area contributed by atoms with Crippen molar-refractivity contribution in [2.45, 2.75) is 38.3 Å². The van der Waals surface area contributed by atoms with Crippen molar-refractivity contribution in [2.75, 3.05) is 26.2 Å². The van der Waals surface area contributed by atoms with Gasteiger partial charge < -0.3 is 10.1 Å². The molecule has 1 atom stereocenters. The number of hydrogen-bond acceptors (Lipinski definition) is 3. The molecule has 0 radical (unpaired) electrons. The smallest absolute Gasteiger partial charge is 0.124 e. The van der Waals surface area contributed by atoms with Crippen molar-refractivity contribution in [3.8, 4) is 5.75 Å². The molecule has 1 aromatic carbocycles. The van der Waals surface area contributed by atoms with Crippen LogP contribution in [0.5, 0.6) is 5.75 Å². The van der Waals surface area contributed by atoms with E-state index in [-0.39, 0.29) is 0 Å². The average molecular weight is 260 g/mol. The summed E-state index contributed by atoms with van der Waals surface area (Å²) in [6, 6.07) is 9.74. The molecule has 1 N–H and O–H groups in total. The molecule has 19 heavy (non-hydrogen) atoms. The summed E-state index contributed by atoms with van der Waals surface area (Å²) < 4.78 is 5.70. The number of nitrogens with one attached hydrogen (secondary N) is 1. The van der Waals surface area contributed by atoms with Crippen LogP contribution >= 0.6 is 0 Å². The SMILES string of the molecule is CCN(CCNC1CCOc2ccccc21)C1CC1. The predicted octanol–water partition coefficient (Wildman–Crippen LogP) is 2.58. The third-order valence-electron chi connectivity index (χ3n) is 4.22. The van der Waals surface area contributed by atoms with Crippen LogP contribution in [0.3, 0.4) is 0 Å². The molecule has 1 saturated carbocycles. The summed E-state index contributed by atoms with van der Waals surface area (Å²) in [4.78, 5) is 2.60. The van der Waals surface area contributed by atoms with Gasteiger partial charge in [-0.05, 0) is 25.5 Å². The first-order valence-corrected chi connectivity index (χ1v) is 7.57. The molecule has 1 unspecified atom stereocenters. The zero-order chi connectivity index (χ0) is 13.1. The Bertz CT molecular complexity index is 417. The van der Waals surface area contributed by atoms with Crippen LogP contribution in [-0.4, -0.2) is 37.2 Å². The molecular formula is C16H24N2O. The van der Waals surface area contributed by atoms with Crippen molar-refractivity contribution < 1.29 is 4.74 Å². The van der Waals surface area contributed by atoms with E-state index < -0.39 is 0 Å². The van der Waals surface area contributed by atoms with E-state index in [0.717, 1.165) is 31.4 Å². The highest BCUT2D eigenvalue weighted by molar-refractivity contribution is 5.37. The molecule has 3 nitrogen and oxygen atoms in total. The second kappa shape index (κ2) is 5.93. The summed E-state index contributed by atoms with van der Waals surface area (Å²) >= 11 is 0. The van der Waals surface area contributed by atoms with Gasteiger partial charge in [-0.3, -0.25) is 4.90 Å². The van der Waals surface area contributed by atoms with Gasteiger partial charge in [0.15, 0.2) is 0 Å². The van der Waals surface area contributed by atoms with Gasteiger partial charge in [0.05, 0.1) is 6.61 Å². The molecule has 3 heteroatoms. The lowest BCUT2D eigenvalue weighted by Gasteiger charge is -2.28. The Kier molecular flexibility index (Phi) is 4.04. The lowest BCUT2D eigenvalue weighted by Crippen LogP contribution is -2.36. The van der Waals surface area contributed by atoms with Crippen molar-refractivity contribution in [3.05, 3.63) is 29.8 Å². The van der Waals surface area contributed by atoms with Crippen LogP contribution in [-0.2, 0) is 0 Å². The number of hydrogen-bond donors (Lipinski definition) is 1. The number of rotatable bonds is 6. The molecule has 0 aromatic heterocycles. The topological polar surface area (TPSA) is 24.5 Å². The largest absolute Gasteiger partial charge is 0.493 e. The molecule has 0 spiro atoms. The minimum Gasteiger partial charge on any atom is -0.493 e. The van der Waals surface area contributed by atoms with Gasteiger partial charge in [-0.15, -0.1) is 0 Å². The Balaban J connectivity index is 1.53. The van der Waals surface area contributed by atoms with Crippen LogP contribution < -0.4 is 10.1 Å². The summed E-state index contributed by atoms with van der Waals surface area (Å²) in [5, 5.41) is 3.70. The molecule has 0 bridgehead atoms. The summed E-state index contributed by atoms with van der Waals surface area (Å²) in [5.74, 6) is 1.06. The molecule has 1 aliphatic heterocycles. The number of likely N-dealkylation sites (N-methyl/N-ethyl adjacent to an activating group) is 1. The summed E-state index contributed by atoms with van der Waals surface area (Å²) in [7, 11) is 0. The van der Waals surface area contributed by atoms with Crippen LogP contribution in [0.2, 0.25) is 0 Å². The second-order valence-electron chi connectivity index (χ2n) is 5.54. The number of fused-ring (bicyclic) bond motifs is 1. The third-order valence-corrected chi connectivity index (χ3v) is 4.22. The Morgan fingerprint density at radius 1 is 1.26 bits per heavy atom. The van der Waals surface area contributed by atoms with Crippen molar-refractivity contribution in [3.63, 3.8) is 0 Å². The minimum atomic E-state index is 0.461. The van der Waals surface area contributed by atoms with E-state index in [1.807, 2.05) is 6.07 Å². The maximum Gasteiger partial charge on any atom is 0.124 e. The fraction of sp³-hybridized carbons (Fsp3) is 0.625. The monoisotopic (exact) mass is 260 g/mol. The van der Waals surface area contributed by atoms with Gasteiger partial charge in [-0.2, -0.15) is 0 Å². The molecule has 104 valence electrons. The van der Waals surface area contributed by atoms with Crippen molar-refractivity contribution >= 4 is 0 Å². The fourth-order valence-electron chi connectivity index (χ4n) is 2.98. The van der Waals surface area contributed by atoms with Gasteiger partial charge >= 0.3 is 0 Å². The maximum atomic E-state index is 5.70. The first kappa shape index (κ1) is 12.9. The molecule has 1 aliphatic carbocycles. The Morgan fingerprint density at radius 2 is 2.11 bits per heavy atom. The number of para-hydroxylation sites is 1. The molecular weight excluding hydrogens is 236 g/mol. The fourth-order valence-corrected chi connectivity index (χ4v) is 2.98. The summed E-state index contributed by atoms with van der Waals surface area (Å²) in [5.41, 5.74) is 1.32. The van der Waals surface area contributed by atoms with Gasteiger partial charge in [0.2, 0.25) is 0 Å². The van der Waals surface area contributed by atoms with Gasteiger partial charge in [0.25, 0.3) is 0 Å². The van der Waals surface area contributed by atoms with Crippen LogP contribution in [0.15, 0.2) is 24.3 Å². The van der Waals surface area contributed by atoms with Crippen molar-refractivity contribution in [1.82, 2.24) is 10.2 Å². The Morgan fingerprint density at radius 3 is 2.89 bits per heavy atom. The zero-order valence-electron chi connectivity index (χ0n) is 11.8.